The Bertz CT molecular complexity index is 1600. The molecule has 0 radical (unpaired) electrons. The van der Waals surface area contributed by atoms with Crippen LogP contribution in [0, 0.1) is 6.92 Å². The van der Waals surface area contributed by atoms with Crippen molar-refractivity contribution >= 4 is 45.8 Å². The minimum absolute atomic E-state index is 0.0484. The highest BCUT2D eigenvalue weighted by Gasteiger charge is 2.35. The van der Waals surface area contributed by atoms with E-state index in [4.69, 9.17) is 39.5 Å². The highest BCUT2D eigenvalue weighted by atomic mass is 35.5. The van der Waals surface area contributed by atoms with Crippen LogP contribution in [0.3, 0.4) is 0 Å². The third kappa shape index (κ3) is 5.25. The molecule has 5 rings (SSSR count). The van der Waals surface area contributed by atoms with Crippen LogP contribution in [0.5, 0.6) is 5.75 Å². The fourth-order valence-electron chi connectivity index (χ4n) is 3.94. The van der Waals surface area contributed by atoms with E-state index in [1.165, 1.54) is 11.6 Å². The summed E-state index contributed by atoms with van der Waals surface area (Å²) in [7, 11) is 0. The first kappa shape index (κ1) is 25.4. The maximum Gasteiger partial charge on any atom is 0.417 e. The molecule has 0 aliphatic heterocycles. The van der Waals surface area contributed by atoms with E-state index in [-0.39, 0.29) is 29.0 Å². The number of ether oxygens (including phenoxy) is 1. The number of hydrogen-bond donors (Lipinski definition) is 0. The molecular weight excluding hydrogens is 546 g/mol. The summed E-state index contributed by atoms with van der Waals surface area (Å²) in [5.74, 6) is 0.536. The molecule has 0 bridgehead atoms. The number of rotatable bonds is 5. The minimum Gasteiger partial charge on any atom is -0.489 e. The largest absolute Gasteiger partial charge is 0.489 e. The first-order valence-corrected chi connectivity index (χ1v) is 12.1. The van der Waals surface area contributed by atoms with E-state index < -0.39 is 11.7 Å². The van der Waals surface area contributed by atoms with Gasteiger partial charge in [0.15, 0.2) is 5.65 Å². The first-order chi connectivity index (χ1) is 17.6. The molecule has 10 heteroatoms. The number of alkyl halides is 3. The van der Waals surface area contributed by atoms with Gasteiger partial charge in [0.05, 0.1) is 38.1 Å². The third-order valence-corrected chi connectivity index (χ3v) is 6.72. The number of aromatic nitrogens is 3. The Labute approximate surface area is 225 Å². The van der Waals surface area contributed by atoms with Gasteiger partial charge in [-0.3, -0.25) is 0 Å². The average Bonchev–Trinajstić information content (AvgIpc) is 3.20. The van der Waals surface area contributed by atoms with Crippen LogP contribution in [0.2, 0.25) is 15.1 Å². The van der Waals surface area contributed by atoms with Gasteiger partial charge in [-0.15, -0.1) is 0 Å². The molecule has 0 fully saturated rings. The van der Waals surface area contributed by atoms with Crippen LogP contribution in [0.15, 0.2) is 72.8 Å². The molecule has 5 aromatic rings. The Balaban J connectivity index is 1.52. The van der Waals surface area contributed by atoms with Crippen molar-refractivity contribution in [2.75, 3.05) is 0 Å². The Morgan fingerprint density at radius 3 is 2.22 bits per heavy atom. The molecule has 37 heavy (non-hydrogen) atoms. The van der Waals surface area contributed by atoms with Crippen LogP contribution >= 0.6 is 34.8 Å². The molecule has 0 atom stereocenters. The lowest BCUT2D eigenvalue weighted by Crippen LogP contribution is -2.08. The maximum absolute atomic E-state index is 14.1. The fraction of sp³-hybridized carbons (Fsp3) is 0.111. The van der Waals surface area contributed by atoms with E-state index in [0.717, 1.165) is 11.6 Å². The van der Waals surface area contributed by atoms with Crippen molar-refractivity contribution in [2.24, 2.45) is 0 Å². The molecule has 0 amide bonds. The Hall–Kier alpha value is -3.26. The number of halogens is 6. The van der Waals surface area contributed by atoms with Crippen molar-refractivity contribution in [1.82, 2.24) is 14.8 Å². The number of benzene rings is 3. The maximum atomic E-state index is 14.1. The zero-order valence-corrected chi connectivity index (χ0v) is 21.4. The Kier molecular flexibility index (Phi) is 6.79. The summed E-state index contributed by atoms with van der Waals surface area (Å²) in [4.78, 5) is 4.58. The number of hydrogen-bond acceptors (Lipinski definition) is 3. The number of aryl methyl sites for hydroxylation is 1. The van der Waals surface area contributed by atoms with E-state index >= 15 is 0 Å². The van der Waals surface area contributed by atoms with Gasteiger partial charge in [0, 0.05) is 10.6 Å². The standard InChI is InChI=1S/C27H17Cl3F3N3O/c1-15-25-21(27(31,32)33)13-24(34-26(25)36(35-15)19-7-5-18(28)6-8-19)17-3-9-20(10-4-17)37-14-16-2-11-22(29)23(30)12-16/h2-13H,14H2,1H3. The molecule has 0 spiro atoms. The van der Waals surface area contributed by atoms with Gasteiger partial charge < -0.3 is 4.74 Å². The van der Waals surface area contributed by atoms with Crippen LogP contribution in [-0.2, 0) is 12.8 Å². The van der Waals surface area contributed by atoms with Gasteiger partial charge in [-0.05, 0) is 79.2 Å². The SMILES string of the molecule is Cc1nn(-c2ccc(Cl)cc2)c2nc(-c3ccc(OCc4ccc(Cl)c(Cl)c4)cc3)cc(C(F)(F)F)c12. The lowest BCUT2D eigenvalue weighted by Gasteiger charge is -2.12. The molecule has 0 saturated carbocycles. The molecule has 0 saturated heterocycles. The zero-order chi connectivity index (χ0) is 26.3. The van der Waals surface area contributed by atoms with Crippen molar-refractivity contribution in [3.05, 3.63) is 105 Å². The van der Waals surface area contributed by atoms with Gasteiger partial charge in [-0.1, -0.05) is 40.9 Å². The van der Waals surface area contributed by atoms with Crippen molar-refractivity contribution in [1.29, 1.82) is 0 Å². The molecular formula is C27H17Cl3F3N3O. The van der Waals surface area contributed by atoms with Crippen LogP contribution in [0.1, 0.15) is 16.8 Å². The lowest BCUT2D eigenvalue weighted by molar-refractivity contribution is -0.136. The quantitative estimate of drug-likeness (QED) is 0.215. The summed E-state index contributed by atoms with van der Waals surface area (Å²) < 4.78 is 49.5. The fourth-order valence-corrected chi connectivity index (χ4v) is 4.39. The monoisotopic (exact) mass is 561 g/mol. The summed E-state index contributed by atoms with van der Waals surface area (Å²) in [6, 6.07) is 19.6. The molecule has 2 heterocycles. The van der Waals surface area contributed by atoms with Gasteiger partial charge >= 0.3 is 6.18 Å². The van der Waals surface area contributed by atoms with Crippen LogP contribution < -0.4 is 4.74 Å². The second-order valence-corrected chi connectivity index (χ2v) is 9.54. The Morgan fingerprint density at radius 1 is 0.865 bits per heavy atom. The predicted molar refractivity (Wildman–Crippen MR) is 140 cm³/mol. The second-order valence-electron chi connectivity index (χ2n) is 8.29. The van der Waals surface area contributed by atoms with Crippen molar-refractivity contribution in [2.45, 2.75) is 19.7 Å². The van der Waals surface area contributed by atoms with Crippen LogP contribution in [0.4, 0.5) is 13.2 Å². The molecule has 2 aromatic heterocycles. The van der Waals surface area contributed by atoms with E-state index in [0.29, 0.717) is 32.1 Å². The van der Waals surface area contributed by atoms with E-state index in [9.17, 15) is 13.2 Å². The van der Waals surface area contributed by atoms with Gasteiger partial charge in [0.25, 0.3) is 0 Å². The molecule has 0 aliphatic carbocycles. The molecule has 4 nitrogen and oxygen atoms in total. The predicted octanol–water partition coefficient (Wildman–Crippen LogP) is 8.95. The molecule has 0 N–H and O–H groups in total. The topological polar surface area (TPSA) is 39.9 Å². The second kappa shape index (κ2) is 9.89. The minimum atomic E-state index is -4.60. The smallest absolute Gasteiger partial charge is 0.417 e. The van der Waals surface area contributed by atoms with Gasteiger partial charge in [-0.25, -0.2) is 9.67 Å². The lowest BCUT2D eigenvalue weighted by atomic mass is 10.0. The summed E-state index contributed by atoms with van der Waals surface area (Å²) in [6.45, 7) is 1.78. The molecule has 3 aromatic carbocycles. The third-order valence-electron chi connectivity index (χ3n) is 5.73. The number of nitrogens with zero attached hydrogens (tertiary/aromatic N) is 3. The van der Waals surface area contributed by atoms with Gasteiger partial charge in [-0.2, -0.15) is 18.3 Å². The van der Waals surface area contributed by atoms with E-state index in [2.05, 4.69) is 10.1 Å². The first-order valence-electron chi connectivity index (χ1n) is 11.0. The van der Waals surface area contributed by atoms with E-state index in [1.54, 1.807) is 66.7 Å². The summed E-state index contributed by atoms with van der Waals surface area (Å²) in [5.41, 5.74) is 1.55. The van der Waals surface area contributed by atoms with Crippen molar-refractivity contribution < 1.29 is 17.9 Å². The average molecular weight is 563 g/mol. The normalized spacial score (nSPS) is 11.8. The van der Waals surface area contributed by atoms with Crippen LogP contribution in [-0.4, -0.2) is 14.8 Å². The Morgan fingerprint density at radius 2 is 1.57 bits per heavy atom. The molecule has 0 aliphatic rings. The molecule has 0 unspecified atom stereocenters. The highest BCUT2D eigenvalue weighted by Crippen LogP contribution is 2.39. The van der Waals surface area contributed by atoms with E-state index in [1.807, 2.05) is 0 Å². The van der Waals surface area contributed by atoms with Crippen molar-refractivity contribution in [3.63, 3.8) is 0 Å². The number of pyridine rings is 1. The summed E-state index contributed by atoms with van der Waals surface area (Å²) >= 11 is 18.0. The van der Waals surface area contributed by atoms with Gasteiger partial charge in [0.1, 0.15) is 12.4 Å². The number of fused-ring (bicyclic) bond motifs is 1. The van der Waals surface area contributed by atoms with Crippen molar-refractivity contribution in [3.8, 4) is 22.7 Å². The zero-order valence-electron chi connectivity index (χ0n) is 19.2. The highest BCUT2D eigenvalue weighted by molar-refractivity contribution is 6.42. The van der Waals surface area contributed by atoms with Crippen LogP contribution in [0.25, 0.3) is 28.0 Å². The molecule has 188 valence electrons. The summed E-state index contributed by atoms with van der Waals surface area (Å²) in [6.07, 6.45) is -4.60. The van der Waals surface area contributed by atoms with Gasteiger partial charge in [0.2, 0.25) is 0 Å². The summed E-state index contributed by atoms with van der Waals surface area (Å²) in [5, 5.41) is 5.68.